The van der Waals surface area contributed by atoms with Crippen molar-refractivity contribution in [3.63, 3.8) is 0 Å². The van der Waals surface area contributed by atoms with Gasteiger partial charge in [-0.1, -0.05) is 37.3 Å². The van der Waals surface area contributed by atoms with Gasteiger partial charge in [-0.15, -0.1) is 0 Å². The van der Waals surface area contributed by atoms with E-state index in [1.807, 2.05) is 30.3 Å². The maximum absolute atomic E-state index is 12.1. The maximum atomic E-state index is 12.1. The second kappa shape index (κ2) is 7.14. The van der Waals surface area contributed by atoms with E-state index in [4.69, 9.17) is 4.74 Å². The third-order valence-corrected chi connectivity index (χ3v) is 4.38. The zero-order valence-corrected chi connectivity index (χ0v) is 12.9. The zero-order valence-electron chi connectivity index (χ0n) is 12.0. The molecule has 3 nitrogen and oxygen atoms in total. The summed E-state index contributed by atoms with van der Waals surface area (Å²) in [5.74, 6) is 0.0184. The Bertz CT molecular complexity index is 429. The number of thiol groups is 1. The molecule has 0 bridgehead atoms. The van der Waals surface area contributed by atoms with Gasteiger partial charge in [-0.3, -0.25) is 4.79 Å². The third-order valence-electron chi connectivity index (χ3n) is 3.96. The average molecular weight is 293 g/mol. The smallest absolute Gasteiger partial charge is 0.233 e. The zero-order chi connectivity index (χ0) is 14.4. The fourth-order valence-electron chi connectivity index (χ4n) is 2.39. The summed E-state index contributed by atoms with van der Waals surface area (Å²) in [4.78, 5) is 12.1. The van der Waals surface area contributed by atoms with E-state index in [9.17, 15) is 4.79 Å². The van der Waals surface area contributed by atoms with Gasteiger partial charge in [0.25, 0.3) is 0 Å². The molecule has 2 rings (SSSR count). The van der Waals surface area contributed by atoms with Crippen LogP contribution in [0.25, 0.3) is 0 Å². The van der Waals surface area contributed by atoms with Crippen LogP contribution in [0.2, 0.25) is 0 Å². The minimum Gasteiger partial charge on any atom is -0.381 e. The van der Waals surface area contributed by atoms with E-state index in [1.54, 1.807) is 0 Å². The molecule has 1 heterocycles. The van der Waals surface area contributed by atoms with Crippen LogP contribution in [-0.4, -0.2) is 30.9 Å². The summed E-state index contributed by atoms with van der Waals surface area (Å²) >= 11 is 4.42. The molecule has 1 aromatic carbocycles. The van der Waals surface area contributed by atoms with Gasteiger partial charge in [0.05, 0.1) is 5.25 Å². The molecule has 20 heavy (non-hydrogen) atoms. The second-order valence-electron chi connectivity index (χ2n) is 5.85. The van der Waals surface area contributed by atoms with E-state index >= 15 is 0 Å². The van der Waals surface area contributed by atoms with Crippen LogP contribution in [0.5, 0.6) is 0 Å². The van der Waals surface area contributed by atoms with Gasteiger partial charge in [0, 0.05) is 19.8 Å². The third kappa shape index (κ3) is 4.53. The van der Waals surface area contributed by atoms with Gasteiger partial charge in [0.2, 0.25) is 5.91 Å². The van der Waals surface area contributed by atoms with Crippen LogP contribution in [0.15, 0.2) is 30.3 Å². The van der Waals surface area contributed by atoms with Crippen LogP contribution >= 0.6 is 12.6 Å². The molecular formula is C16H23NO2S. The topological polar surface area (TPSA) is 38.3 Å². The second-order valence-corrected chi connectivity index (χ2v) is 6.47. The minimum absolute atomic E-state index is 0.0184. The summed E-state index contributed by atoms with van der Waals surface area (Å²) in [6.07, 6.45) is 2.67. The van der Waals surface area contributed by atoms with E-state index in [0.29, 0.717) is 13.0 Å². The Hall–Kier alpha value is -1.00. The first-order valence-electron chi connectivity index (χ1n) is 7.17. The van der Waals surface area contributed by atoms with Crippen LogP contribution in [0, 0.1) is 5.41 Å². The van der Waals surface area contributed by atoms with E-state index in [0.717, 1.165) is 31.6 Å². The van der Waals surface area contributed by atoms with Crippen LogP contribution in [-0.2, 0) is 16.0 Å². The fourth-order valence-corrected chi connectivity index (χ4v) is 2.69. The van der Waals surface area contributed by atoms with Crippen molar-refractivity contribution >= 4 is 18.5 Å². The van der Waals surface area contributed by atoms with Gasteiger partial charge in [-0.2, -0.15) is 12.6 Å². The highest BCUT2D eigenvalue weighted by Gasteiger charge is 2.28. The molecule has 110 valence electrons. The molecule has 1 aliphatic heterocycles. The molecule has 4 heteroatoms. The van der Waals surface area contributed by atoms with Crippen molar-refractivity contribution in [2.45, 2.75) is 31.4 Å². The number of benzene rings is 1. The highest BCUT2D eigenvalue weighted by Crippen LogP contribution is 2.28. The average Bonchev–Trinajstić information content (AvgIpc) is 2.46. The predicted molar refractivity (Wildman–Crippen MR) is 84.1 cm³/mol. The van der Waals surface area contributed by atoms with Crippen molar-refractivity contribution in [1.29, 1.82) is 0 Å². The number of amides is 1. The summed E-state index contributed by atoms with van der Waals surface area (Å²) in [5, 5.41) is 2.75. The van der Waals surface area contributed by atoms with Gasteiger partial charge in [-0.05, 0) is 30.2 Å². The maximum Gasteiger partial charge on any atom is 0.233 e. The summed E-state index contributed by atoms with van der Waals surface area (Å²) in [7, 11) is 0. The van der Waals surface area contributed by atoms with E-state index in [-0.39, 0.29) is 16.6 Å². The SMILES string of the molecule is CC1(CNC(=O)C(S)Cc2ccccc2)CCOCC1. The fraction of sp³-hybridized carbons (Fsp3) is 0.562. The molecule has 0 aliphatic carbocycles. The Kier molecular flexibility index (Phi) is 5.49. The molecule has 0 radical (unpaired) electrons. The normalized spacial score (nSPS) is 19.3. The number of rotatable bonds is 5. The van der Waals surface area contributed by atoms with Crippen molar-refractivity contribution in [2.75, 3.05) is 19.8 Å². The summed E-state index contributed by atoms with van der Waals surface area (Å²) in [6.45, 7) is 4.50. The van der Waals surface area contributed by atoms with Crippen molar-refractivity contribution in [3.8, 4) is 0 Å². The largest absolute Gasteiger partial charge is 0.381 e. The summed E-state index contributed by atoms with van der Waals surface area (Å²) < 4.78 is 5.37. The van der Waals surface area contributed by atoms with Crippen molar-refractivity contribution < 1.29 is 9.53 Å². The first-order valence-corrected chi connectivity index (χ1v) is 7.68. The van der Waals surface area contributed by atoms with Crippen molar-refractivity contribution in [1.82, 2.24) is 5.32 Å². The Morgan fingerprint density at radius 1 is 1.35 bits per heavy atom. The number of hydrogen-bond acceptors (Lipinski definition) is 3. The number of ether oxygens (including phenoxy) is 1. The standard InChI is InChI=1S/C16H23NO2S/c1-16(7-9-19-10-8-16)12-17-15(18)14(20)11-13-5-3-2-4-6-13/h2-6,14,20H,7-12H2,1H3,(H,17,18). The molecule has 1 aliphatic rings. The molecule has 1 fully saturated rings. The number of carbonyl (C=O) groups is 1. The van der Waals surface area contributed by atoms with Crippen LogP contribution in [0.4, 0.5) is 0 Å². The summed E-state index contributed by atoms with van der Waals surface area (Å²) in [5.41, 5.74) is 1.30. The monoisotopic (exact) mass is 293 g/mol. The lowest BCUT2D eigenvalue weighted by Gasteiger charge is -2.33. The van der Waals surface area contributed by atoms with Gasteiger partial charge < -0.3 is 10.1 Å². The van der Waals surface area contributed by atoms with Crippen LogP contribution < -0.4 is 5.32 Å². The number of hydrogen-bond donors (Lipinski definition) is 2. The Labute approximate surface area is 126 Å². The minimum atomic E-state index is -0.291. The quantitative estimate of drug-likeness (QED) is 0.819. The Balaban J connectivity index is 1.79. The number of carbonyl (C=O) groups excluding carboxylic acids is 1. The van der Waals surface area contributed by atoms with E-state index < -0.39 is 0 Å². The lowest BCUT2D eigenvalue weighted by molar-refractivity contribution is -0.121. The van der Waals surface area contributed by atoms with Gasteiger partial charge >= 0.3 is 0 Å². The highest BCUT2D eigenvalue weighted by atomic mass is 32.1. The molecule has 0 aromatic heterocycles. The van der Waals surface area contributed by atoms with Crippen molar-refractivity contribution in [2.24, 2.45) is 5.41 Å². The highest BCUT2D eigenvalue weighted by molar-refractivity contribution is 7.81. The van der Waals surface area contributed by atoms with Gasteiger partial charge in [0.15, 0.2) is 0 Å². The molecule has 1 aromatic rings. The first-order chi connectivity index (χ1) is 9.59. The van der Waals surface area contributed by atoms with Gasteiger partial charge in [0.1, 0.15) is 0 Å². The number of nitrogens with one attached hydrogen (secondary N) is 1. The molecule has 1 atom stereocenters. The summed E-state index contributed by atoms with van der Waals surface area (Å²) in [6, 6.07) is 9.99. The van der Waals surface area contributed by atoms with E-state index in [1.165, 1.54) is 0 Å². The first kappa shape index (κ1) is 15.4. The van der Waals surface area contributed by atoms with E-state index in [2.05, 4.69) is 24.9 Å². The lowest BCUT2D eigenvalue weighted by atomic mass is 9.82. The molecule has 1 N–H and O–H groups in total. The molecule has 1 saturated heterocycles. The Morgan fingerprint density at radius 3 is 2.65 bits per heavy atom. The molecule has 0 spiro atoms. The van der Waals surface area contributed by atoms with Crippen molar-refractivity contribution in [3.05, 3.63) is 35.9 Å². The molecule has 0 saturated carbocycles. The van der Waals surface area contributed by atoms with Gasteiger partial charge in [-0.25, -0.2) is 0 Å². The van der Waals surface area contributed by atoms with Crippen LogP contribution in [0.1, 0.15) is 25.3 Å². The Morgan fingerprint density at radius 2 is 2.00 bits per heavy atom. The lowest BCUT2D eigenvalue weighted by Crippen LogP contribution is -2.42. The predicted octanol–water partition coefficient (Wildman–Crippen LogP) is 2.46. The van der Waals surface area contributed by atoms with Crippen LogP contribution in [0.3, 0.4) is 0 Å². The molecular weight excluding hydrogens is 270 g/mol. The molecule has 1 amide bonds. The molecule has 1 unspecified atom stereocenters.